The Morgan fingerprint density at radius 1 is 0.634 bits per heavy atom. The predicted octanol–water partition coefficient (Wildman–Crippen LogP) is 5.66. The van der Waals surface area contributed by atoms with Crippen LogP contribution in [0.2, 0.25) is 0 Å². The number of rotatable bonds is 13. The van der Waals surface area contributed by atoms with Crippen LogP contribution in [0.4, 0.5) is 0 Å². The van der Waals surface area contributed by atoms with Crippen LogP contribution >= 0.6 is 0 Å². The molecule has 1 aliphatic carbocycles. The van der Waals surface area contributed by atoms with E-state index in [-0.39, 0.29) is 33.0 Å². The first-order chi connectivity index (χ1) is 20.5. The average molecular weight is 554 g/mol. The van der Waals surface area contributed by atoms with Gasteiger partial charge in [-0.05, 0) is 22.3 Å². The summed E-state index contributed by atoms with van der Waals surface area (Å²) in [6, 6.07) is 38.2. The van der Waals surface area contributed by atoms with Crippen LogP contribution in [0.25, 0.3) is 0 Å². The van der Waals surface area contributed by atoms with Crippen molar-refractivity contribution in [1.29, 1.82) is 0 Å². The van der Waals surface area contributed by atoms with Crippen LogP contribution in [-0.4, -0.2) is 41.4 Å². The molecule has 0 radical (unpaired) electrons. The molecule has 0 aliphatic heterocycles. The molecule has 6 heteroatoms. The highest BCUT2D eigenvalue weighted by atomic mass is 16.6. The van der Waals surface area contributed by atoms with Crippen molar-refractivity contribution >= 4 is 5.78 Å². The Hall–Kier alpha value is -3.65. The highest BCUT2D eigenvalue weighted by Crippen LogP contribution is 2.35. The molecule has 0 amide bonds. The molecule has 0 spiro atoms. The Labute approximate surface area is 242 Å². The Bertz CT molecular complexity index is 1370. The van der Waals surface area contributed by atoms with Crippen LogP contribution < -0.4 is 0 Å². The number of hydrogen-bond acceptors (Lipinski definition) is 6. The van der Waals surface area contributed by atoms with Gasteiger partial charge in [0.15, 0.2) is 5.78 Å². The summed E-state index contributed by atoms with van der Waals surface area (Å²) in [5.74, 6) is -0.575. The molecular formula is C35H36O6. The third-order valence-corrected chi connectivity index (χ3v) is 7.04. The highest BCUT2D eigenvalue weighted by molar-refractivity contribution is 5.86. The normalized spacial score (nSPS) is 24.6. The fourth-order valence-corrected chi connectivity index (χ4v) is 4.92. The molecule has 1 aliphatic rings. The van der Waals surface area contributed by atoms with Crippen molar-refractivity contribution in [3.8, 4) is 0 Å². The third-order valence-electron chi connectivity index (χ3n) is 7.04. The van der Waals surface area contributed by atoms with Crippen molar-refractivity contribution in [3.05, 3.63) is 144 Å². The Kier molecular flexibility index (Phi) is 9.60. The van der Waals surface area contributed by atoms with Crippen LogP contribution in [0.1, 0.15) is 30.0 Å². The van der Waals surface area contributed by atoms with Gasteiger partial charge in [0.1, 0.15) is 23.9 Å². The maximum absolute atomic E-state index is 13.8. The molecule has 0 aromatic heterocycles. The number of ketones is 1. The van der Waals surface area contributed by atoms with Crippen LogP contribution in [0, 0.1) is 0 Å². The van der Waals surface area contributed by atoms with Crippen molar-refractivity contribution in [2.75, 3.05) is 6.61 Å². The standard InChI is InChI=1S/C35H36O6/c36-31-21-35(37,26-38-22-27-13-5-1-6-14-27)34(41-25-30-19-11-4-12-20-30)33(40-24-29-17-9-3-10-18-29)32(31)39-23-28-15-7-2-8-16-28/h1-20,32-34,37H,21-26H2/t32-,33+,34-,35+/m0/s1/i21D/t21-,32-,33+,34-,35+. The second-order valence-electron chi connectivity index (χ2n) is 10.2. The van der Waals surface area contributed by atoms with Gasteiger partial charge in [-0.15, -0.1) is 0 Å². The Balaban J connectivity index is 1.44. The maximum Gasteiger partial charge on any atom is 0.167 e. The fraction of sp³-hybridized carbons (Fsp3) is 0.286. The SMILES string of the molecule is [2H][C@H]1C(=O)[C@H](OCc2ccccc2)[C@@H](OCc2ccccc2)[C@H](OCc2ccccc2)[C@]1(O)COCc1ccccc1. The van der Waals surface area contributed by atoms with Gasteiger partial charge in [-0.1, -0.05) is 121 Å². The van der Waals surface area contributed by atoms with E-state index in [9.17, 15) is 9.90 Å². The molecule has 4 aromatic carbocycles. The minimum Gasteiger partial charge on any atom is -0.384 e. The topological polar surface area (TPSA) is 74.2 Å². The summed E-state index contributed by atoms with van der Waals surface area (Å²) >= 11 is 0. The number of aliphatic hydroxyl groups is 1. The van der Waals surface area contributed by atoms with Crippen LogP contribution in [-0.2, 0) is 50.2 Å². The first-order valence-corrected chi connectivity index (χ1v) is 13.8. The lowest BCUT2D eigenvalue weighted by atomic mass is 9.78. The van der Waals surface area contributed by atoms with Gasteiger partial charge < -0.3 is 24.1 Å². The van der Waals surface area contributed by atoms with E-state index in [2.05, 4.69) is 0 Å². The summed E-state index contributed by atoms with van der Waals surface area (Å²) < 4.78 is 33.8. The molecule has 1 saturated carbocycles. The van der Waals surface area contributed by atoms with Gasteiger partial charge in [0.05, 0.1) is 33.0 Å². The van der Waals surface area contributed by atoms with Gasteiger partial charge in [-0.2, -0.15) is 0 Å². The number of carbonyl (C=O) groups is 1. The molecule has 0 heterocycles. The van der Waals surface area contributed by atoms with Crippen LogP contribution in [0.3, 0.4) is 0 Å². The molecule has 212 valence electrons. The monoisotopic (exact) mass is 553 g/mol. The smallest absolute Gasteiger partial charge is 0.167 e. The third kappa shape index (κ3) is 7.97. The molecule has 6 nitrogen and oxygen atoms in total. The molecule has 0 unspecified atom stereocenters. The largest absolute Gasteiger partial charge is 0.384 e. The Morgan fingerprint density at radius 3 is 1.54 bits per heavy atom. The van der Waals surface area contributed by atoms with E-state index in [0.29, 0.717) is 0 Å². The highest BCUT2D eigenvalue weighted by Gasteiger charge is 2.55. The Morgan fingerprint density at radius 2 is 1.05 bits per heavy atom. The van der Waals surface area contributed by atoms with Gasteiger partial charge in [0, 0.05) is 7.77 Å². The lowest BCUT2D eigenvalue weighted by Gasteiger charge is -2.46. The van der Waals surface area contributed by atoms with E-state index in [0.717, 1.165) is 22.3 Å². The van der Waals surface area contributed by atoms with E-state index in [1.54, 1.807) is 0 Å². The van der Waals surface area contributed by atoms with Gasteiger partial charge in [0.25, 0.3) is 0 Å². The lowest BCUT2D eigenvalue weighted by Crippen LogP contribution is -2.65. The van der Waals surface area contributed by atoms with Crippen LogP contribution in [0.15, 0.2) is 121 Å². The van der Waals surface area contributed by atoms with Gasteiger partial charge in [-0.3, -0.25) is 4.79 Å². The second kappa shape index (κ2) is 14.3. The minimum absolute atomic E-state index is 0.142. The zero-order valence-electron chi connectivity index (χ0n) is 23.9. The van der Waals surface area contributed by atoms with Crippen LogP contribution in [0.5, 0.6) is 0 Å². The minimum atomic E-state index is -1.99. The second-order valence-corrected chi connectivity index (χ2v) is 10.2. The van der Waals surface area contributed by atoms with Crippen molar-refractivity contribution < 1.29 is 30.2 Å². The van der Waals surface area contributed by atoms with E-state index in [4.69, 9.17) is 20.3 Å². The van der Waals surface area contributed by atoms with Gasteiger partial charge in [0.2, 0.25) is 0 Å². The van der Waals surface area contributed by atoms with Crippen molar-refractivity contribution in [2.45, 2.75) is 56.7 Å². The number of Topliss-reactive ketones (excluding diaryl/α,β-unsaturated/α-hetero) is 1. The predicted molar refractivity (Wildman–Crippen MR) is 156 cm³/mol. The summed E-state index contributed by atoms with van der Waals surface area (Å²) in [7, 11) is 0. The zero-order chi connectivity index (χ0) is 29.2. The van der Waals surface area contributed by atoms with Crippen molar-refractivity contribution in [2.24, 2.45) is 0 Å². The lowest BCUT2D eigenvalue weighted by molar-refractivity contribution is -0.240. The molecule has 5 rings (SSSR count). The van der Waals surface area contributed by atoms with E-state index < -0.39 is 36.1 Å². The molecule has 5 atom stereocenters. The summed E-state index contributed by atoms with van der Waals surface area (Å²) in [4.78, 5) is 13.8. The maximum atomic E-state index is 13.8. The van der Waals surface area contributed by atoms with Gasteiger partial charge >= 0.3 is 0 Å². The van der Waals surface area contributed by atoms with Crippen molar-refractivity contribution in [1.82, 2.24) is 0 Å². The summed E-state index contributed by atoms with van der Waals surface area (Å²) in [5, 5.41) is 12.1. The number of benzene rings is 4. The molecule has 1 fully saturated rings. The molecular weight excluding hydrogens is 516 g/mol. The fourth-order valence-electron chi connectivity index (χ4n) is 4.92. The van der Waals surface area contributed by atoms with E-state index in [1.165, 1.54) is 0 Å². The average Bonchev–Trinajstić information content (AvgIpc) is 3.04. The molecule has 0 bridgehead atoms. The number of ether oxygens (including phenoxy) is 4. The quantitative estimate of drug-likeness (QED) is 0.230. The first kappa shape index (κ1) is 27.5. The van der Waals surface area contributed by atoms with Gasteiger partial charge in [-0.25, -0.2) is 0 Å². The molecule has 1 N–H and O–H groups in total. The first-order valence-electron chi connectivity index (χ1n) is 14.4. The van der Waals surface area contributed by atoms with Crippen molar-refractivity contribution in [3.63, 3.8) is 0 Å². The molecule has 0 saturated heterocycles. The zero-order valence-corrected chi connectivity index (χ0v) is 22.9. The number of hydrogen-bond donors (Lipinski definition) is 1. The summed E-state index contributed by atoms with van der Waals surface area (Å²) in [6.45, 7) is 0.364. The molecule has 41 heavy (non-hydrogen) atoms. The van der Waals surface area contributed by atoms with E-state index in [1.807, 2.05) is 121 Å². The molecule has 4 aromatic rings. The summed E-state index contributed by atoms with van der Waals surface area (Å²) in [6.07, 6.45) is -4.81. The summed E-state index contributed by atoms with van der Waals surface area (Å²) in [5.41, 5.74) is 1.57. The van der Waals surface area contributed by atoms with E-state index >= 15 is 0 Å². The number of carbonyl (C=O) groups excluding carboxylic acids is 1.